The second kappa shape index (κ2) is 46.2. The molecule has 0 spiro atoms. The van der Waals surface area contributed by atoms with Crippen molar-refractivity contribution in [3.05, 3.63) is 0 Å². The molecule has 0 heterocycles. The van der Waals surface area contributed by atoms with Gasteiger partial charge in [-0.05, 0) is 0 Å². The Labute approximate surface area is 204 Å². The molecule has 0 fully saturated rings. The normalized spacial score (nSPS) is 5.77. The second-order valence-corrected chi connectivity index (χ2v) is 7.94. The predicted molar refractivity (Wildman–Crippen MR) is 8.24 cm³/mol. The molecule has 26 heteroatoms. The van der Waals surface area contributed by atoms with Crippen LogP contribution in [0.4, 0.5) is 0 Å². The number of hydrogen-bond acceptors (Lipinski definition) is 18. The zero-order valence-corrected chi connectivity index (χ0v) is 26.4. The fraction of sp³-hybridized carbons (Fsp3) is 0. The monoisotopic (exact) mass is 953 g/mol. The van der Waals surface area contributed by atoms with E-state index < -0.39 is 113 Å². The van der Waals surface area contributed by atoms with Gasteiger partial charge in [-0.3, -0.25) is 0 Å². The Morgan fingerprint density at radius 1 is 0.308 bits per heavy atom. The maximum atomic E-state index is 8.60. The Morgan fingerprint density at radius 2 is 0.308 bits per heavy atom. The topological polar surface area (TPSA) is 343 Å². The molecule has 152 valence electrons. The molecule has 18 nitrogen and oxygen atoms in total. The molecule has 0 aromatic rings. The molecule has 0 rings (SSSR count). The maximum absolute atomic E-state index is 8.60. The Morgan fingerprint density at radius 3 is 0.308 bits per heavy atom. The van der Waals surface area contributed by atoms with E-state index in [0.717, 1.165) is 0 Å². The third-order valence-corrected chi connectivity index (χ3v) is 0. The van der Waals surface area contributed by atoms with E-state index in [4.69, 9.17) is 60.7 Å². The Bertz CT molecular complexity index is 477. The summed E-state index contributed by atoms with van der Waals surface area (Å²) in [6.07, 6.45) is 0. The summed E-state index contributed by atoms with van der Waals surface area (Å²) in [6.45, 7) is 0. The van der Waals surface area contributed by atoms with Gasteiger partial charge in [0.2, 0.25) is 0 Å². The quantitative estimate of drug-likeness (QED) is 0.204. The SMILES string of the molecule is [Cr+3].[Fe+3].[O]=[Nb](=[O])[O-].[O]=[Nb](=[O])[O-].[O]=[Nb](=[O])[O-].[O]=[Nb](=[O])[O-].[O]=[Nb](=[O])[O-].[O]=[Nb](=[O])[O-]. The molecule has 0 aromatic heterocycles. The fourth-order valence-electron chi connectivity index (χ4n) is 0. The molecule has 0 aliphatic heterocycles. The average Bonchev–Trinajstić information content (AvgIpc) is 2.08. The minimum atomic E-state index is -4.20. The molecule has 0 aromatic carbocycles. The summed E-state index contributed by atoms with van der Waals surface area (Å²) < 4.78 is 155. The van der Waals surface area contributed by atoms with E-state index in [9.17, 15) is 0 Å². The van der Waals surface area contributed by atoms with E-state index in [1.54, 1.807) is 0 Å². The Hall–Kier alpha value is 2.85. The van der Waals surface area contributed by atoms with E-state index in [1.165, 1.54) is 0 Å². The number of hydrogen-bond donors (Lipinski definition) is 0. The van der Waals surface area contributed by atoms with Gasteiger partial charge in [0.15, 0.2) is 0 Å². The van der Waals surface area contributed by atoms with Crippen LogP contribution in [0.2, 0.25) is 0 Å². The van der Waals surface area contributed by atoms with Crippen molar-refractivity contribution in [2.24, 2.45) is 0 Å². The van der Waals surface area contributed by atoms with E-state index in [-0.39, 0.29) is 34.4 Å². The summed E-state index contributed by atoms with van der Waals surface area (Å²) in [5.41, 5.74) is 0. The molecule has 0 N–H and O–H groups in total. The molecular formula is CrFeNb6O18. The van der Waals surface area contributed by atoms with Crippen LogP contribution in [0.5, 0.6) is 0 Å². The standard InChI is InChI=1S/Cr.Fe.6Nb.18O/q2*+3;;;;;;;;;;;;;;;;;;;6*-1. The van der Waals surface area contributed by atoms with Crippen LogP contribution in [0.25, 0.3) is 0 Å². The van der Waals surface area contributed by atoms with Crippen molar-refractivity contribution in [2.75, 3.05) is 0 Å². The summed E-state index contributed by atoms with van der Waals surface area (Å²) in [4.78, 5) is 0. The van der Waals surface area contributed by atoms with Crippen LogP contribution in [-0.4, -0.2) is 0 Å². The Kier molecular flexibility index (Phi) is 91.4. The molecule has 0 bridgehead atoms. The fourth-order valence-corrected chi connectivity index (χ4v) is 0. The summed E-state index contributed by atoms with van der Waals surface area (Å²) in [5.74, 6) is 0. The number of rotatable bonds is 0. The predicted octanol–water partition coefficient (Wildman–Crippen LogP) is -8.58. The molecule has 0 saturated carbocycles. The zero-order valence-electron chi connectivity index (χ0n) is 10.8. The zero-order chi connectivity index (χ0) is 21.5. The van der Waals surface area contributed by atoms with Gasteiger partial charge in [0.05, 0.1) is 0 Å². The van der Waals surface area contributed by atoms with Crippen LogP contribution in [0.1, 0.15) is 0 Å². The van der Waals surface area contributed by atoms with Gasteiger partial charge in [-0.2, -0.15) is 0 Å². The van der Waals surface area contributed by atoms with Crippen molar-refractivity contribution in [1.29, 1.82) is 0 Å². The summed E-state index contributed by atoms with van der Waals surface area (Å²) in [7, 11) is 0. The van der Waals surface area contributed by atoms with Crippen molar-refractivity contribution in [1.82, 2.24) is 0 Å². The van der Waals surface area contributed by atoms with Crippen LogP contribution < -0.4 is 21.7 Å². The van der Waals surface area contributed by atoms with Gasteiger partial charge < -0.3 is 0 Å². The minimum absolute atomic E-state index is 0. The van der Waals surface area contributed by atoms with Gasteiger partial charge in [-0.15, -0.1) is 0 Å². The van der Waals surface area contributed by atoms with E-state index in [0.29, 0.717) is 0 Å². The van der Waals surface area contributed by atoms with Crippen LogP contribution in [0.15, 0.2) is 0 Å². The van der Waals surface area contributed by atoms with Gasteiger partial charge in [-0.1, -0.05) is 0 Å². The third-order valence-electron chi connectivity index (χ3n) is 0. The van der Waals surface area contributed by atoms with Gasteiger partial charge in [0.25, 0.3) is 0 Å². The molecule has 0 amide bonds. The summed E-state index contributed by atoms with van der Waals surface area (Å²) in [6, 6.07) is 0. The summed E-state index contributed by atoms with van der Waals surface area (Å²) >= 11 is -25.2. The third kappa shape index (κ3) is 2200. The molecule has 0 atom stereocenters. The molecule has 0 unspecified atom stereocenters. The van der Waals surface area contributed by atoms with Crippen molar-refractivity contribution >= 4 is 0 Å². The molecule has 0 aliphatic carbocycles. The first-order chi connectivity index (χ1) is 10.4. The van der Waals surface area contributed by atoms with Gasteiger partial charge in [0, 0.05) is 0 Å². The second-order valence-electron chi connectivity index (χ2n) is 1.34. The first kappa shape index (κ1) is 51.5. The molecule has 0 aliphatic rings. The van der Waals surface area contributed by atoms with Gasteiger partial charge in [0.1, 0.15) is 0 Å². The van der Waals surface area contributed by atoms with Gasteiger partial charge in [-0.25, -0.2) is 0 Å². The first-order valence-corrected chi connectivity index (χ1v) is 19.4. The van der Waals surface area contributed by atoms with Crippen LogP contribution in [0.3, 0.4) is 0 Å². The molecule has 2 radical (unpaired) electrons. The van der Waals surface area contributed by atoms with E-state index >= 15 is 0 Å². The van der Waals surface area contributed by atoms with Crippen molar-refractivity contribution < 1.29 is 208 Å². The van der Waals surface area contributed by atoms with Crippen LogP contribution in [-0.2, 0) is 186 Å². The first-order valence-electron chi connectivity index (χ1n) is 3.29. The average molecular weight is 953 g/mol. The van der Waals surface area contributed by atoms with Crippen molar-refractivity contribution in [3.8, 4) is 0 Å². The van der Waals surface area contributed by atoms with E-state index in [2.05, 4.69) is 0 Å². The van der Waals surface area contributed by atoms with Crippen molar-refractivity contribution in [2.45, 2.75) is 0 Å². The van der Waals surface area contributed by atoms with E-state index in [1.807, 2.05) is 0 Å². The molecule has 26 heavy (non-hydrogen) atoms. The summed E-state index contributed by atoms with van der Waals surface area (Å²) in [5, 5.41) is 0. The van der Waals surface area contributed by atoms with Gasteiger partial charge >= 0.3 is 208 Å². The van der Waals surface area contributed by atoms with Crippen molar-refractivity contribution in [3.63, 3.8) is 0 Å². The molecule has 0 saturated heterocycles. The Balaban J connectivity index is -0.0000000245. The van der Waals surface area contributed by atoms with Crippen LogP contribution >= 0.6 is 0 Å². The molecular weight excluding hydrogens is 953 g/mol. The van der Waals surface area contributed by atoms with Crippen LogP contribution in [0, 0.1) is 0 Å².